The summed E-state index contributed by atoms with van der Waals surface area (Å²) >= 11 is 0. The summed E-state index contributed by atoms with van der Waals surface area (Å²) in [4.78, 5) is 120. The summed E-state index contributed by atoms with van der Waals surface area (Å²) in [6.07, 6.45) is 17.4. The van der Waals surface area contributed by atoms with Crippen LogP contribution in [0, 0.1) is 35.5 Å². The second-order valence-electron chi connectivity index (χ2n) is 25.7. The number of nitrogens with one attached hydrogen (secondary N) is 7. The number of amides is 8. The Kier molecular flexibility index (Phi) is 31.9. The fourth-order valence-electron chi connectivity index (χ4n) is 12.4. The molecule has 508 valence electrons. The van der Waals surface area contributed by atoms with Gasteiger partial charge in [0.15, 0.2) is 0 Å². The zero-order valence-electron chi connectivity index (χ0n) is 56.7. The predicted molar refractivity (Wildman–Crippen MR) is 355 cm³/mol. The van der Waals surface area contributed by atoms with Gasteiger partial charge in [-0.05, 0) is 119 Å². The maximum absolute atomic E-state index is 14.6. The zero-order valence-corrected chi connectivity index (χ0v) is 56.7. The van der Waals surface area contributed by atoms with Crippen LogP contribution in [0.1, 0.15) is 124 Å². The highest BCUT2D eigenvalue weighted by atomic mass is 16.7. The van der Waals surface area contributed by atoms with E-state index >= 15 is 0 Å². The summed E-state index contributed by atoms with van der Waals surface area (Å²) in [7, 11) is 8.44. The quantitative estimate of drug-likeness (QED) is 0.0218. The number of anilines is 1. The van der Waals surface area contributed by atoms with Crippen molar-refractivity contribution < 1.29 is 57.4 Å². The third kappa shape index (κ3) is 23.5. The molecule has 0 radical (unpaired) electrons. The lowest BCUT2D eigenvalue weighted by atomic mass is 9.82. The molecule has 1 saturated carbocycles. The third-order valence-electron chi connectivity index (χ3n) is 17.8. The van der Waals surface area contributed by atoms with Crippen LogP contribution in [0.2, 0.25) is 0 Å². The topological polar surface area (TPSA) is 267 Å². The Bertz CT molecular complexity index is 2810. The Morgan fingerprint density at radius 1 is 0.707 bits per heavy atom. The van der Waals surface area contributed by atoms with Gasteiger partial charge in [0.25, 0.3) is 5.91 Å². The van der Waals surface area contributed by atoms with Crippen molar-refractivity contribution in [1.82, 2.24) is 46.8 Å². The minimum absolute atomic E-state index is 0.00667. The van der Waals surface area contributed by atoms with Gasteiger partial charge in [0.2, 0.25) is 41.4 Å². The number of likely N-dealkylation sites (tertiary alicyclic amines) is 1. The average molecular weight is 1280 g/mol. The van der Waals surface area contributed by atoms with Crippen LogP contribution in [0.25, 0.3) is 0 Å². The van der Waals surface area contributed by atoms with Gasteiger partial charge in [-0.3, -0.25) is 53.4 Å². The molecule has 10 atom stereocenters. The summed E-state index contributed by atoms with van der Waals surface area (Å²) in [5, 5.41) is 17.7. The van der Waals surface area contributed by atoms with Crippen molar-refractivity contribution in [3.63, 3.8) is 0 Å². The van der Waals surface area contributed by atoms with Gasteiger partial charge in [-0.25, -0.2) is 5.48 Å². The maximum atomic E-state index is 14.6. The number of hydroxylamine groups is 1. The van der Waals surface area contributed by atoms with E-state index < -0.39 is 72.1 Å². The number of hydrogen-bond donors (Lipinski definition) is 7. The molecule has 1 aliphatic heterocycles. The average Bonchev–Trinajstić information content (AvgIpc) is 1.45. The van der Waals surface area contributed by atoms with Crippen LogP contribution in [0.3, 0.4) is 0 Å². The van der Waals surface area contributed by atoms with E-state index in [1.54, 1.807) is 55.0 Å². The van der Waals surface area contributed by atoms with E-state index in [1.165, 1.54) is 14.2 Å². The van der Waals surface area contributed by atoms with Crippen molar-refractivity contribution in [3.8, 4) is 0 Å². The second-order valence-corrected chi connectivity index (χ2v) is 25.7. The number of benzene rings is 2. The van der Waals surface area contributed by atoms with Crippen LogP contribution in [-0.2, 0) is 70.4 Å². The number of hydrogen-bond acceptors (Lipinski definition) is 14. The molecule has 3 aliphatic rings. The van der Waals surface area contributed by atoms with Crippen molar-refractivity contribution in [2.45, 2.75) is 175 Å². The summed E-state index contributed by atoms with van der Waals surface area (Å²) < 4.78 is 18.0. The second kappa shape index (κ2) is 38.8. The highest BCUT2D eigenvalue weighted by molar-refractivity contribution is 5.97. The number of methoxy groups -OCH3 is 2. The maximum Gasteiger partial charge on any atom is 0.266 e. The van der Waals surface area contributed by atoms with E-state index in [9.17, 15) is 38.4 Å². The Morgan fingerprint density at radius 2 is 1.39 bits per heavy atom. The molecule has 22 heteroatoms. The first kappa shape index (κ1) is 75.6. The van der Waals surface area contributed by atoms with Crippen molar-refractivity contribution in [1.29, 1.82) is 0 Å². The molecule has 0 spiro atoms. The van der Waals surface area contributed by atoms with Crippen LogP contribution in [-0.4, -0.2) is 172 Å². The van der Waals surface area contributed by atoms with Crippen molar-refractivity contribution in [3.05, 3.63) is 114 Å². The monoisotopic (exact) mass is 1280 g/mol. The molecule has 2 fully saturated rings. The molecule has 1 heterocycles. The fraction of sp³-hybridized carbons (Fsp3) is 0.600. The van der Waals surface area contributed by atoms with Crippen molar-refractivity contribution in [2.24, 2.45) is 35.5 Å². The number of carbonyl (C=O) groups excluding carboxylic acids is 8. The highest BCUT2D eigenvalue weighted by Crippen LogP contribution is 2.32. The molecular weight excluding hydrogens is 1170 g/mol. The number of ether oxygens (including phenoxy) is 3. The Morgan fingerprint density at radius 3 is 2.03 bits per heavy atom. The lowest BCUT2D eigenvalue weighted by Crippen LogP contribution is -2.59. The third-order valence-corrected chi connectivity index (χ3v) is 17.8. The molecular formula is C70H106N10O12. The molecule has 22 nitrogen and oxygen atoms in total. The molecule has 2 aromatic carbocycles. The number of allylic oxidation sites excluding steroid dienone is 7. The lowest BCUT2D eigenvalue weighted by molar-refractivity contribution is -0.148. The number of nitrogens with zero attached hydrogens (tertiary/aromatic N) is 3. The molecule has 1 saturated heterocycles. The first-order valence-electron chi connectivity index (χ1n) is 32.8. The molecule has 0 aromatic heterocycles. The van der Waals surface area contributed by atoms with Crippen LogP contribution < -0.4 is 37.4 Å². The Hall–Kier alpha value is -7.08. The normalized spacial score (nSPS) is 20.2. The highest BCUT2D eigenvalue weighted by Gasteiger charge is 2.44. The van der Waals surface area contributed by atoms with Crippen molar-refractivity contribution >= 4 is 52.9 Å². The summed E-state index contributed by atoms with van der Waals surface area (Å²) in [5.74, 6) is -3.21. The Balaban J connectivity index is 1.07. The summed E-state index contributed by atoms with van der Waals surface area (Å²) in [5.41, 5.74) is 5.24. The van der Waals surface area contributed by atoms with Gasteiger partial charge in [-0.1, -0.05) is 128 Å². The molecule has 0 bridgehead atoms. The molecule has 5 rings (SSSR count). The van der Waals surface area contributed by atoms with E-state index in [0.717, 1.165) is 36.9 Å². The van der Waals surface area contributed by atoms with Gasteiger partial charge in [0.1, 0.15) is 18.1 Å². The van der Waals surface area contributed by atoms with Crippen molar-refractivity contribution in [2.75, 3.05) is 67.1 Å². The van der Waals surface area contributed by atoms with Gasteiger partial charge < -0.3 is 50.6 Å². The van der Waals surface area contributed by atoms with E-state index in [4.69, 9.17) is 19.0 Å². The van der Waals surface area contributed by atoms with E-state index in [2.05, 4.69) is 37.4 Å². The summed E-state index contributed by atoms with van der Waals surface area (Å²) in [6, 6.07) is 11.9. The smallest absolute Gasteiger partial charge is 0.266 e. The largest absolute Gasteiger partial charge is 0.379 e. The number of carbonyl (C=O) groups is 8. The first-order chi connectivity index (χ1) is 44.0. The van der Waals surface area contributed by atoms with Crippen LogP contribution in [0.15, 0.2) is 103 Å². The zero-order chi connectivity index (χ0) is 67.4. The van der Waals surface area contributed by atoms with Crippen LogP contribution >= 0.6 is 0 Å². The first-order valence-corrected chi connectivity index (χ1v) is 32.8. The van der Waals surface area contributed by atoms with Crippen LogP contribution in [0.5, 0.6) is 0 Å². The van der Waals surface area contributed by atoms with E-state index in [1.807, 2.05) is 133 Å². The molecule has 2 aromatic rings. The molecule has 0 unspecified atom stereocenters. The fourth-order valence-corrected chi connectivity index (χ4v) is 12.4. The predicted octanol–water partition coefficient (Wildman–Crippen LogP) is 6.49. The van der Waals surface area contributed by atoms with Gasteiger partial charge in [0, 0.05) is 64.5 Å². The van der Waals surface area contributed by atoms with Gasteiger partial charge in [-0.15, -0.1) is 0 Å². The number of rotatable bonds is 36. The Labute approximate surface area is 546 Å². The molecule has 8 amide bonds. The van der Waals surface area contributed by atoms with E-state index in [0.29, 0.717) is 56.1 Å². The SMILES string of the molecule is CC[C@H](C)[C@@H]([C@@H](CC(=O)N1CCC[C@H]1[C@H](OC)[C@@H](C)C(=O)N[C@@H](Cc1ccccc1)C(=O)NOCc1ccc(NC(=O)[C@@H](C)NC(=O)CCNCOCC2CCC(C(=O)NC3=C/C=C\C=C/C=C3)CC2)cc1)OC)N(C)C(=O)[C@@H](NC(=O)[C@H](C(C)C)N(C)C)C(C)C. The summed E-state index contributed by atoms with van der Waals surface area (Å²) in [6.45, 7) is 16.7. The van der Waals surface area contributed by atoms with Crippen LogP contribution in [0.4, 0.5) is 5.69 Å². The lowest BCUT2D eigenvalue weighted by Gasteiger charge is -2.41. The van der Waals surface area contributed by atoms with Gasteiger partial charge in [-0.2, -0.15) is 0 Å². The minimum Gasteiger partial charge on any atom is -0.379 e. The standard InChI is InChI=1S/C70H106N10O12/c1-14-47(6)63(79(11)70(88)61(45(2)3)76-69(87)62(46(4)5)78(9)10)58(89-12)41-60(82)80-39-23-28-57(80)64(90-13)48(7)65(83)75-56(40-50-24-19-18-20-25-50)68(86)77-92-43-52-31-35-55(36-32-52)73-66(84)49(8)72-59(81)37-38-71-44-91-42-51-29-33-53(34-30-51)67(85)74-54-26-21-16-15-17-22-27-54/h15-22,24-27,31-32,35-36,45-49,51,53,56-58,61-64,71H,14,23,28-30,33-34,37-44H2,1-13H3,(H,72,81)(H,73,84)(H,74,85)(H,75,83)(H,76,87)(H,77,86)/b16-15-,17-15?,21-16?,22-17-,26-21?,27-22?,54-26?,54-27?/t47-,48+,49+,51?,53?,56-,57-,58+,61-,62-,63-,64+/m0/s1. The van der Waals surface area contributed by atoms with E-state index in [-0.39, 0.29) is 85.8 Å². The minimum atomic E-state index is -1.06. The molecule has 7 N–H and O–H groups in total. The molecule has 92 heavy (non-hydrogen) atoms. The van der Waals surface area contributed by atoms with Gasteiger partial charge in [0.05, 0.1) is 62.6 Å². The van der Waals surface area contributed by atoms with Gasteiger partial charge >= 0.3 is 0 Å². The number of likely N-dealkylation sites (N-methyl/N-ethyl adjacent to an activating group) is 2. The molecule has 2 aliphatic carbocycles.